The van der Waals surface area contributed by atoms with Gasteiger partial charge in [-0.2, -0.15) is 0 Å². The Morgan fingerprint density at radius 3 is 1.03 bits per heavy atom. The molecule has 0 aliphatic carbocycles. The highest BCUT2D eigenvalue weighted by Gasteiger charge is 2.18. The number of rotatable bonds is 56. The van der Waals surface area contributed by atoms with Crippen molar-refractivity contribution in [2.75, 3.05) is 13.2 Å². The molecule has 0 aliphatic heterocycles. The van der Waals surface area contributed by atoms with Crippen molar-refractivity contribution in [1.29, 1.82) is 0 Å². The summed E-state index contributed by atoms with van der Waals surface area (Å²) in [5, 5.41) is 22.9. The molecule has 0 radical (unpaired) electrons. The predicted octanol–water partition coefficient (Wildman–Crippen LogP) is 18.5. The fraction of sp³-hybridized carbons (Fsp3) is 0.933. The third-order valence-electron chi connectivity index (χ3n) is 14.1. The van der Waals surface area contributed by atoms with Crippen LogP contribution in [0.5, 0.6) is 0 Å². The molecular formula is C60H117NO5. The molecule has 0 aliphatic rings. The standard InChI is InChI=1S/C60H117NO5/c1-3-5-7-9-11-13-14-30-34-38-42-46-50-54-60(65)66-55-51-47-43-39-35-32-29-27-25-23-21-19-17-15-16-18-20-22-24-26-28-31-33-37-41-45-49-53-59(64)61-57(56-62)58(63)52-48-44-40-36-12-10-8-6-4-2/h48,52,57-58,62-63H,3-47,49-51,53-56H2,1-2H3,(H,61,64)/b52-48+. The van der Waals surface area contributed by atoms with Gasteiger partial charge in [-0.05, 0) is 32.1 Å². The molecule has 0 spiro atoms. The number of allylic oxidation sites excluding steroid dienone is 1. The summed E-state index contributed by atoms with van der Waals surface area (Å²) in [6, 6.07) is -0.622. The van der Waals surface area contributed by atoms with E-state index in [0.29, 0.717) is 19.4 Å². The molecule has 0 aromatic rings. The highest BCUT2D eigenvalue weighted by molar-refractivity contribution is 5.76. The first kappa shape index (κ1) is 64.6. The van der Waals surface area contributed by atoms with Gasteiger partial charge in [-0.25, -0.2) is 0 Å². The minimum absolute atomic E-state index is 0.0194. The van der Waals surface area contributed by atoms with E-state index in [0.717, 1.165) is 38.5 Å². The van der Waals surface area contributed by atoms with Crippen LogP contribution in [0.1, 0.15) is 335 Å². The van der Waals surface area contributed by atoms with E-state index in [1.165, 1.54) is 270 Å². The Kier molecular flexibility index (Phi) is 55.0. The summed E-state index contributed by atoms with van der Waals surface area (Å²) in [5.41, 5.74) is 0. The molecule has 0 saturated heterocycles. The van der Waals surface area contributed by atoms with E-state index >= 15 is 0 Å². The second-order valence-electron chi connectivity index (χ2n) is 20.7. The molecule has 0 fully saturated rings. The number of esters is 1. The zero-order chi connectivity index (χ0) is 47.9. The first-order chi connectivity index (χ1) is 32.5. The van der Waals surface area contributed by atoms with E-state index in [2.05, 4.69) is 19.2 Å². The summed E-state index contributed by atoms with van der Waals surface area (Å²) in [5.74, 6) is -0.0473. The Bertz CT molecular complexity index is 986. The minimum Gasteiger partial charge on any atom is -0.466 e. The van der Waals surface area contributed by atoms with Crippen LogP contribution in [0.4, 0.5) is 0 Å². The van der Waals surface area contributed by atoms with Gasteiger partial charge >= 0.3 is 5.97 Å². The largest absolute Gasteiger partial charge is 0.466 e. The molecule has 0 rings (SSSR count). The van der Waals surface area contributed by atoms with Crippen LogP contribution in [-0.4, -0.2) is 47.4 Å². The Labute approximate surface area is 412 Å². The van der Waals surface area contributed by atoms with Crippen LogP contribution in [-0.2, 0) is 14.3 Å². The van der Waals surface area contributed by atoms with Gasteiger partial charge in [0, 0.05) is 12.8 Å². The summed E-state index contributed by atoms with van der Waals surface area (Å²) in [7, 11) is 0. The molecule has 0 heterocycles. The van der Waals surface area contributed by atoms with E-state index in [9.17, 15) is 19.8 Å². The van der Waals surface area contributed by atoms with Crippen LogP contribution in [0.25, 0.3) is 0 Å². The maximum absolute atomic E-state index is 12.4. The number of carbonyl (C=O) groups is 2. The molecular weight excluding hydrogens is 815 g/mol. The monoisotopic (exact) mass is 932 g/mol. The van der Waals surface area contributed by atoms with Gasteiger partial charge in [-0.15, -0.1) is 0 Å². The van der Waals surface area contributed by atoms with E-state index in [1.807, 2.05) is 6.08 Å². The van der Waals surface area contributed by atoms with Gasteiger partial charge in [0.15, 0.2) is 0 Å². The number of aliphatic hydroxyl groups is 2. The first-order valence-corrected chi connectivity index (χ1v) is 30.0. The Balaban J connectivity index is 3.31. The van der Waals surface area contributed by atoms with Crippen LogP contribution >= 0.6 is 0 Å². The van der Waals surface area contributed by atoms with Crippen molar-refractivity contribution in [2.45, 2.75) is 347 Å². The van der Waals surface area contributed by atoms with Crippen molar-refractivity contribution in [3.05, 3.63) is 12.2 Å². The predicted molar refractivity (Wildman–Crippen MR) is 287 cm³/mol. The number of unbranched alkanes of at least 4 members (excludes halogenated alkanes) is 45. The van der Waals surface area contributed by atoms with Gasteiger partial charge in [0.25, 0.3) is 0 Å². The topological polar surface area (TPSA) is 95.9 Å². The number of ether oxygens (including phenoxy) is 1. The van der Waals surface area contributed by atoms with Crippen LogP contribution in [0.3, 0.4) is 0 Å². The third kappa shape index (κ3) is 52.0. The Morgan fingerprint density at radius 2 is 0.697 bits per heavy atom. The molecule has 0 bridgehead atoms. The number of amides is 1. The lowest BCUT2D eigenvalue weighted by Crippen LogP contribution is -2.45. The average molecular weight is 933 g/mol. The maximum Gasteiger partial charge on any atom is 0.305 e. The SMILES string of the molecule is CCCCCCCCC/C=C/C(O)C(CO)NC(=O)CCCCCCCCCCCCCCCCCCCCCCCCCCCCCOC(=O)CCCCCCCCCCCCCCC. The van der Waals surface area contributed by atoms with E-state index < -0.39 is 12.1 Å². The van der Waals surface area contributed by atoms with E-state index in [-0.39, 0.29) is 18.5 Å². The Morgan fingerprint density at radius 1 is 0.409 bits per heavy atom. The lowest BCUT2D eigenvalue weighted by molar-refractivity contribution is -0.143. The van der Waals surface area contributed by atoms with Crippen molar-refractivity contribution in [3.8, 4) is 0 Å². The summed E-state index contributed by atoms with van der Waals surface area (Å²) >= 11 is 0. The number of carbonyl (C=O) groups excluding carboxylic acids is 2. The molecule has 2 unspecified atom stereocenters. The molecule has 66 heavy (non-hydrogen) atoms. The lowest BCUT2D eigenvalue weighted by atomic mass is 10.0. The van der Waals surface area contributed by atoms with Crippen molar-refractivity contribution < 1.29 is 24.5 Å². The molecule has 6 nitrogen and oxygen atoms in total. The van der Waals surface area contributed by atoms with Crippen molar-refractivity contribution in [1.82, 2.24) is 5.32 Å². The molecule has 1 amide bonds. The van der Waals surface area contributed by atoms with E-state index in [1.54, 1.807) is 6.08 Å². The fourth-order valence-electron chi connectivity index (χ4n) is 9.46. The molecule has 0 aromatic carbocycles. The van der Waals surface area contributed by atoms with Crippen LogP contribution in [0.15, 0.2) is 12.2 Å². The summed E-state index contributed by atoms with van der Waals surface area (Å²) in [4.78, 5) is 24.4. The van der Waals surface area contributed by atoms with Gasteiger partial charge in [-0.1, -0.05) is 302 Å². The van der Waals surface area contributed by atoms with Crippen LogP contribution in [0.2, 0.25) is 0 Å². The van der Waals surface area contributed by atoms with Crippen molar-refractivity contribution in [2.24, 2.45) is 0 Å². The first-order valence-electron chi connectivity index (χ1n) is 30.0. The minimum atomic E-state index is -0.839. The number of hydrogen-bond donors (Lipinski definition) is 3. The molecule has 392 valence electrons. The van der Waals surface area contributed by atoms with Crippen molar-refractivity contribution in [3.63, 3.8) is 0 Å². The number of nitrogens with one attached hydrogen (secondary N) is 1. The molecule has 0 aromatic heterocycles. The van der Waals surface area contributed by atoms with Crippen LogP contribution < -0.4 is 5.32 Å². The van der Waals surface area contributed by atoms with E-state index in [4.69, 9.17) is 4.74 Å². The van der Waals surface area contributed by atoms with Crippen LogP contribution in [0, 0.1) is 0 Å². The zero-order valence-electron chi connectivity index (χ0n) is 44.7. The van der Waals surface area contributed by atoms with Crippen molar-refractivity contribution >= 4 is 11.9 Å². The molecule has 3 N–H and O–H groups in total. The molecule has 2 atom stereocenters. The lowest BCUT2D eigenvalue weighted by Gasteiger charge is -2.20. The quantitative estimate of drug-likeness (QED) is 0.0321. The summed E-state index contributed by atoms with van der Waals surface area (Å²) < 4.78 is 5.48. The zero-order valence-corrected chi connectivity index (χ0v) is 44.7. The summed E-state index contributed by atoms with van der Waals surface area (Å²) in [6.07, 6.45) is 66.9. The fourth-order valence-corrected chi connectivity index (χ4v) is 9.46. The second-order valence-corrected chi connectivity index (χ2v) is 20.7. The molecule has 6 heteroatoms. The molecule has 0 saturated carbocycles. The highest BCUT2D eigenvalue weighted by Crippen LogP contribution is 2.18. The van der Waals surface area contributed by atoms with Gasteiger partial charge < -0.3 is 20.3 Å². The van der Waals surface area contributed by atoms with Gasteiger partial charge in [0.2, 0.25) is 5.91 Å². The maximum atomic E-state index is 12.4. The highest BCUT2D eigenvalue weighted by atomic mass is 16.5. The third-order valence-corrected chi connectivity index (χ3v) is 14.1. The average Bonchev–Trinajstić information content (AvgIpc) is 3.32. The normalized spacial score (nSPS) is 12.6. The van der Waals surface area contributed by atoms with Gasteiger partial charge in [-0.3, -0.25) is 9.59 Å². The summed E-state index contributed by atoms with van der Waals surface area (Å²) in [6.45, 7) is 4.90. The smallest absolute Gasteiger partial charge is 0.305 e. The second kappa shape index (κ2) is 56.2. The number of aliphatic hydroxyl groups excluding tert-OH is 2. The van der Waals surface area contributed by atoms with Gasteiger partial charge in [0.05, 0.1) is 25.4 Å². The van der Waals surface area contributed by atoms with Gasteiger partial charge in [0.1, 0.15) is 0 Å². The Hall–Kier alpha value is -1.40. The number of hydrogen-bond acceptors (Lipinski definition) is 5.